The standard InChI is InChI=1S/C21H27FN2O2/c1-13-9-14(2)20(15(3)10-13)23-21(25)16(4)24(5)12-17-7-8-19(26-6)18(22)11-17/h7-11,16H,12H2,1-6H3,(H,23,25)/t16-/m1/s1. The van der Waals surface area contributed by atoms with Crippen molar-refractivity contribution in [3.05, 3.63) is 58.4 Å². The third-order valence-electron chi connectivity index (χ3n) is 4.61. The Kier molecular flexibility index (Phi) is 6.37. The Bertz CT molecular complexity index is 782. The smallest absolute Gasteiger partial charge is 0.241 e. The number of hydrogen-bond acceptors (Lipinski definition) is 3. The van der Waals surface area contributed by atoms with Crippen LogP contribution in [0.1, 0.15) is 29.2 Å². The Labute approximate surface area is 155 Å². The zero-order valence-corrected chi connectivity index (χ0v) is 16.3. The minimum atomic E-state index is -0.401. The Hall–Kier alpha value is -2.40. The number of methoxy groups -OCH3 is 1. The number of nitrogens with zero attached hydrogens (tertiary/aromatic N) is 1. The van der Waals surface area contributed by atoms with Crippen LogP contribution >= 0.6 is 0 Å². The molecule has 0 aliphatic heterocycles. The van der Waals surface area contributed by atoms with Gasteiger partial charge in [0.1, 0.15) is 0 Å². The number of hydrogen-bond donors (Lipinski definition) is 1. The van der Waals surface area contributed by atoms with Crippen molar-refractivity contribution < 1.29 is 13.9 Å². The van der Waals surface area contributed by atoms with Crippen LogP contribution in [-0.2, 0) is 11.3 Å². The van der Waals surface area contributed by atoms with Crippen molar-refractivity contribution in [2.45, 2.75) is 40.3 Å². The van der Waals surface area contributed by atoms with Gasteiger partial charge in [-0.15, -0.1) is 0 Å². The molecule has 2 aromatic carbocycles. The fraction of sp³-hybridized carbons (Fsp3) is 0.381. The lowest BCUT2D eigenvalue weighted by molar-refractivity contribution is -0.120. The van der Waals surface area contributed by atoms with E-state index in [1.165, 1.54) is 18.7 Å². The number of nitrogens with one attached hydrogen (secondary N) is 1. The van der Waals surface area contributed by atoms with E-state index < -0.39 is 5.82 Å². The normalized spacial score (nSPS) is 12.2. The number of benzene rings is 2. The summed E-state index contributed by atoms with van der Waals surface area (Å²) in [4.78, 5) is 14.5. The van der Waals surface area contributed by atoms with Crippen LogP contribution in [0.3, 0.4) is 0 Å². The number of ether oxygens (including phenoxy) is 1. The lowest BCUT2D eigenvalue weighted by atomic mass is 10.0. The van der Waals surface area contributed by atoms with Crippen molar-refractivity contribution in [1.82, 2.24) is 4.90 Å². The molecule has 26 heavy (non-hydrogen) atoms. The molecule has 2 rings (SSSR count). The number of carbonyl (C=O) groups excluding carboxylic acids is 1. The second-order valence-electron chi connectivity index (χ2n) is 6.82. The maximum Gasteiger partial charge on any atom is 0.241 e. The topological polar surface area (TPSA) is 41.6 Å². The fourth-order valence-electron chi connectivity index (χ4n) is 3.04. The van der Waals surface area contributed by atoms with Gasteiger partial charge in [-0.05, 0) is 63.6 Å². The number of halogens is 1. The predicted molar refractivity (Wildman–Crippen MR) is 103 cm³/mol. The van der Waals surface area contributed by atoms with Crippen molar-refractivity contribution >= 4 is 11.6 Å². The average molecular weight is 358 g/mol. The number of amides is 1. The summed E-state index contributed by atoms with van der Waals surface area (Å²) >= 11 is 0. The number of anilines is 1. The van der Waals surface area contributed by atoms with Crippen LogP contribution in [0.4, 0.5) is 10.1 Å². The number of likely N-dealkylation sites (N-methyl/N-ethyl adjacent to an activating group) is 1. The van der Waals surface area contributed by atoms with Crippen LogP contribution in [0.5, 0.6) is 5.75 Å². The number of carbonyl (C=O) groups is 1. The molecule has 0 fully saturated rings. The Morgan fingerprint density at radius 1 is 1.19 bits per heavy atom. The van der Waals surface area contributed by atoms with Crippen molar-refractivity contribution in [2.24, 2.45) is 0 Å². The van der Waals surface area contributed by atoms with E-state index in [-0.39, 0.29) is 17.7 Å². The van der Waals surface area contributed by atoms with E-state index in [0.29, 0.717) is 6.54 Å². The molecule has 1 N–H and O–H groups in total. The molecule has 0 aliphatic rings. The van der Waals surface area contributed by atoms with E-state index in [9.17, 15) is 9.18 Å². The highest BCUT2D eigenvalue weighted by Gasteiger charge is 2.20. The molecule has 1 atom stereocenters. The summed E-state index contributed by atoms with van der Waals surface area (Å²) in [6.07, 6.45) is 0. The SMILES string of the molecule is COc1ccc(CN(C)[C@H](C)C(=O)Nc2c(C)cc(C)cc2C)cc1F. The number of aryl methyl sites for hydroxylation is 3. The molecule has 0 radical (unpaired) electrons. The second-order valence-corrected chi connectivity index (χ2v) is 6.82. The van der Waals surface area contributed by atoms with Crippen molar-refractivity contribution in [3.8, 4) is 5.75 Å². The zero-order valence-electron chi connectivity index (χ0n) is 16.3. The Morgan fingerprint density at radius 2 is 1.81 bits per heavy atom. The monoisotopic (exact) mass is 358 g/mol. The van der Waals surface area contributed by atoms with Gasteiger partial charge in [0.25, 0.3) is 0 Å². The highest BCUT2D eigenvalue weighted by Crippen LogP contribution is 2.23. The van der Waals surface area contributed by atoms with Gasteiger partial charge in [-0.2, -0.15) is 0 Å². The average Bonchev–Trinajstić information content (AvgIpc) is 2.57. The summed E-state index contributed by atoms with van der Waals surface area (Å²) in [5, 5.41) is 3.03. The maximum atomic E-state index is 13.8. The van der Waals surface area contributed by atoms with Crippen LogP contribution < -0.4 is 10.1 Å². The van der Waals surface area contributed by atoms with Crippen LogP contribution in [0, 0.1) is 26.6 Å². The van der Waals surface area contributed by atoms with Crippen LogP contribution in [-0.4, -0.2) is 31.0 Å². The fourth-order valence-corrected chi connectivity index (χ4v) is 3.04. The summed E-state index contributed by atoms with van der Waals surface area (Å²) in [6, 6.07) is 8.59. The first-order valence-electron chi connectivity index (χ1n) is 8.64. The number of rotatable bonds is 6. The maximum absolute atomic E-state index is 13.8. The Balaban J connectivity index is 2.07. The van der Waals surface area contributed by atoms with E-state index in [1.54, 1.807) is 12.1 Å². The molecule has 2 aromatic rings. The third kappa shape index (κ3) is 4.61. The van der Waals surface area contributed by atoms with E-state index in [0.717, 1.165) is 22.4 Å². The molecule has 4 nitrogen and oxygen atoms in total. The van der Waals surface area contributed by atoms with E-state index in [1.807, 2.05) is 39.6 Å². The van der Waals surface area contributed by atoms with Gasteiger partial charge in [-0.3, -0.25) is 9.69 Å². The molecule has 0 bridgehead atoms. The van der Waals surface area contributed by atoms with E-state index in [4.69, 9.17) is 4.74 Å². The second kappa shape index (κ2) is 8.32. The largest absolute Gasteiger partial charge is 0.494 e. The van der Waals surface area contributed by atoms with Gasteiger partial charge in [-0.1, -0.05) is 23.8 Å². The summed E-state index contributed by atoms with van der Waals surface area (Å²) in [5.74, 6) is -0.273. The first kappa shape index (κ1) is 19.9. The summed E-state index contributed by atoms with van der Waals surface area (Å²) in [5.41, 5.74) is 4.90. The molecule has 0 spiro atoms. The molecule has 0 heterocycles. The van der Waals surface area contributed by atoms with Crippen molar-refractivity contribution in [1.29, 1.82) is 0 Å². The van der Waals surface area contributed by atoms with E-state index >= 15 is 0 Å². The molecule has 140 valence electrons. The van der Waals surface area contributed by atoms with Gasteiger partial charge >= 0.3 is 0 Å². The highest BCUT2D eigenvalue weighted by molar-refractivity contribution is 5.95. The predicted octanol–water partition coefficient (Wildman–Crippen LogP) is 4.22. The lowest BCUT2D eigenvalue weighted by Crippen LogP contribution is -2.39. The minimum absolute atomic E-state index is 0.0865. The molecule has 0 aromatic heterocycles. The van der Waals surface area contributed by atoms with Gasteiger partial charge in [0.05, 0.1) is 13.2 Å². The van der Waals surface area contributed by atoms with Crippen molar-refractivity contribution in [2.75, 3.05) is 19.5 Å². The first-order chi connectivity index (χ1) is 12.2. The highest BCUT2D eigenvalue weighted by atomic mass is 19.1. The molecule has 0 saturated carbocycles. The lowest BCUT2D eigenvalue weighted by Gasteiger charge is -2.25. The van der Waals surface area contributed by atoms with Gasteiger partial charge in [0.15, 0.2) is 11.6 Å². The first-order valence-corrected chi connectivity index (χ1v) is 8.64. The molecular weight excluding hydrogens is 331 g/mol. The minimum Gasteiger partial charge on any atom is -0.494 e. The Morgan fingerprint density at radius 3 is 2.35 bits per heavy atom. The molecule has 0 aliphatic carbocycles. The quantitative estimate of drug-likeness (QED) is 0.841. The summed E-state index contributed by atoms with van der Waals surface area (Å²) in [6.45, 7) is 8.32. The van der Waals surface area contributed by atoms with Crippen molar-refractivity contribution in [3.63, 3.8) is 0 Å². The van der Waals surface area contributed by atoms with Gasteiger partial charge in [-0.25, -0.2) is 4.39 Å². The van der Waals surface area contributed by atoms with Crippen LogP contribution in [0.15, 0.2) is 30.3 Å². The molecule has 5 heteroatoms. The van der Waals surface area contributed by atoms with Gasteiger partial charge < -0.3 is 10.1 Å². The summed E-state index contributed by atoms with van der Waals surface area (Å²) in [7, 11) is 3.28. The summed E-state index contributed by atoms with van der Waals surface area (Å²) < 4.78 is 18.8. The zero-order chi connectivity index (χ0) is 19.4. The molecule has 1 amide bonds. The van der Waals surface area contributed by atoms with E-state index in [2.05, 4.69) is 17.4 Å². The van der Waals surface area contributed by atoms with Crippen LogP contribution in [0.2, 0.25) is 0 Å². The molecule has 0 unspecified atom stereocenters. The molecule has 0 saturated heterocycles. The van der Waals surface area contributed by atoms with Gasteiger partial charge in [0.2, 0.25) is 5.91 Å². The van der Waals surface area contributed by atoms with Crippen LogP contribution in [0.25, 0.3) is 0 Å². The third-order valence-corrected chi connectivity index (χ3v) is 4.61. The molecular formula is C21H27FN2O2. The van der Waals surface area contributed by atoms with Gasteiger partial charge in [0, 0.05) is 12.2 Å².